The lowest BCUT2D eigenvalue weighted by Crippen LogP contribution is -2.40. The van der Waals surface area contributed by atoms with Crippen LogP contribution in [-0.4, -0.2) is 19.0 Å². The van der Waals surface area contributed by atoms with Gasteiger partial charge in [0.15, 0.2) is 0 Å². The summed E-state index contributed by atoms with van der Waals surface area (Å²) in [4.78, 5) is 12.6. The predicted octanol–water partition coefficient (Wildman–Crippen LogP) is 3.42. The second kappa shape index (κ2) is 7.77. The summed E-state index contributed by atoms with van der Waals surface area (Å²) in [5.74, 6) is 1.22. The lowest BCUT2D eigenvalue weighted by Gasteiger charge is -2.27. The molecule has 22 heavy (non-hydrogen) atoms. The van der Waals surface area contributed by atoms with E-state index in [1.165, 1.54) is 31.2 Å². The maximum Gasteiger partial charge on any atom is 0.223 e. The number of piperidine rings is 1. The summed E-state index contributed by atoms with van der Waals surface area (Å²) in [6.45, 7) is 1.94. The summed E-state index contributed by atoms with van der Waals surface area (Å²) in [5, 5.41) is 6.70. The number of amides is 1. The Balaban J connectivity index is 1.65. The zero-order valence-electron chi connectivity index (χ0n) is 13.4. The zero-order valence-corrected chi connectivity index (χ0v) is 13.4. The van der Waals surface area contributed by atoms with E-state index in [1.807, 2.05) is 6.07 Å². The van der Waals surface area contributed by atoms with E-state index in [1.54, 1.807) is 0 Å². The number of benzene rings is 1. The van der Waals surface area contributed by atoms with Gasteiger partial charge in [0.25, 0.3) is 0 Å². The van der Waals surface area contributed by atoms with Crippen molar-refractivity contribution in [1.29, 1.82) is 0 Å². The van der Waals surface area contributed by atoms with Gasteiger partial charge >= 0.3 is 0 Å². The highest BCUT2D eigenvalue weighted by Crippen LogP contribution is 2.33. The molecule has 0 spiro atoms. The van der Waals surface area contributed by atoms with Crippen molar-refractivity contribution in [2.24, 2.45) is 11.8 Å². The third-order valence-corrected chi connectivity index (χ3v) is 5.27. The summed E-state index contributed by atoms with van der Waals surface area (Å²) in [7, 11) is 0. The van der Waals surface area contributed by atoms with Crippen LogP contribution in [0.1, 0.15) is 56.6 Å². The molecular formula is C19H28N2O. The molecule has 1 aromatic carbocycles. The summed E-state index contributed by atoms with van der Waals surface area (Å²) < 4.78 is 0. The van der Waals surface area contributed by atoms with Gasteiger partial charge in [-0.05, 0) is 43.8 Å². The molecule has 1 atom stereocenters. The number of hydrogen-bond acceptors (Lipinski definition) is 2. The molecule has 2 aliphatic rings. The highest BCUT2D eigenvalue weighted by atomic mass is 16.1. The Kier molecular flexibility index (Phi) is 5.49. The molecule has 1 heterocycles. The van der Waals surface area contributed by atoms with Crippen molar-refractivity contribution in [2.75, 3.05) is 13.1 Å². The van der Waals surface area contributed by atoms with Gasteiger partial charge < -0.3 is 10.6 Å². The van der Waals surface area contributed by atoms with Crippen LogP contribution in [0.4, 0.5) is 0 Å². The highest BCUT2D eigenvalue weighted by Gasteiger charge is 2.26. The SMILES string of the molecule is O=C(NC(CC1CCCC1)c1ccccc1)C1CCNCC1. The summed E-state index contributed by atoms with van der Waals surface area (Å²) in [6.07, 6.45) is 8.40. The van der Waals surface area contributed by atoms with Gasteiger partial charge in [-0.3, -0.25) is 4.79 Å². The predicted molar refractivity (Wildman–Crippen MR) is 89.5 cm³/mol. The Morgan fingerprint density at radius 3 is 2.45 bits per heavy atom. The normalized spacial score (nSPS) is 21.6. The molecule has 1 aliphatic heterocycles. The smallest absolute Gasteiger partial charge is 0.223 e. The number of hydrogen-bond donors (Lipinski definition) is 2. The van der Waals surface area contributed by atoms with E-state index in [-0.39, 0.29) is 17.9 Å². The fourth-order valence-electron chi connectivity index (χ4n) is 3.92. The Labute approximate surface area is 133 Å². The summed E-state index contributed by atoms with van der Waals surface area (Å²) >= 11 is 0. The Morgan fingerprint density at radius 2 is 1.77 bits per heavy atom. The molecule has 1 amide bonds. The molecule has 1 saturated carbocycles. The molecule has 1 saturated heterocycles. The molecule has 1 aromatic rings. The summed E-state index contributed by atoms with van der Waals surface area (Å²) in [5.41, 5.74) is 1.26. The van der Waals surface area contributed by atoms with Crippen LogP contribution < -0.4 is 10.6 Å². The molecule has 2 N–H and O–H groups in total. The maximum atomic E-state index is 12.6. The highest BCUT2D eigenvalue weighted by molar-refractivity contribution is 5.79. The maximum absolute atomic E-state index is 12.6. The van der Waals surface area contributed by atoms with E-state index in [4.69, 9.17) is 0 Å². The minimum absolute atomic E-state index is 0.187. The Bertz CT molecular complexity index is 462. The van der Waals surface area contributed by atoms with E-state index in [0.29, 0.717) is 0 Å². The van der Waals surface area contributed by atoms with Gasteiger partial charge in [0.1, 0.15) is 0 Å². The molecular weight excluding hydrogens is 272 g/mol. The number of carbonyl (C=O) groups is 1. The summed E-state index contributed by atoms with van der Waals surface area (Å²) in [6, 6.07) is 10.7. The molecule has 120 valence electrons. The molecule has 3 rings (SSSR count). The fraction of sp³-hybridized carbons (Fsp3) is 0.632. The van der Waals surface area contributed by atoms with Crippen LogP contribution in [0.15, 0.2) is 30.3 Å². The van der Waals surface area contributed by atoms with Crippen LogP contribution in [-0.2, 0) is 4.79 Å². The molecule has 0 aromatic heterocycles. The van der Waals surface area contributed by atoms with Gasteiger partial charge in [0, 0.05) is 5.92 Å². The molecule has 3 nitrogen and oxygen atoms in total. The van der Waals surface area contributed by atoms with E-state index in [0.717, 1.165) is 38.3 Å². The van der Waals surface area contributed by atoms with Crippen LogP contribution in [0.3, 0.4) is 0 Å². The topological polar surface area (TPSA) is 41.1 Å². The zero-order chi connectivity index (χ0) is 15.2. The molecule has 2 fully saturated rings. The van der Waals surface area contributed by atoms with E-state index < -0.39 is 0 Å². The number of rotatable bonds is 5. The molecule has 1 unspecified atom stereocenters. The second-order valence-electron chi connectivity index (χ2n) is 6.88. The average Bonchev–Trinajstić information content (AvgIpc) is 3.09. The van der Waals surface area contributed by atoms with Gasteiger partial charge in [-0.25, -0.2) is 0 Å². The van der Waals surface area contributed by atoms with Crippen molar-refractivity contribution in [3.63, 3.8) is 0 Å². The fourth-order valence-corrected chi connectivity index (χ4v) is 3.92. The van der Waals surface area contributed by atoms with Crippen molar-refractivity contribution < 1.29 is 4.79 Å². The lowest BCUT2D eigenvalue weighted by atomic mass is 9.91. The number of carbonyl (C=O) groups excluding carboxylic acids is 1. The minimum atomic E-state index is 0.187. The van der Waals surface area contributed by atoms with Gasteiger partial charge in [0.2, 0.25) is 5.91 Å². The van der Waals surface area contributed by atoms with Crippen molar-refractivity contribution in [2.45, 2.75) is 51.0 Å². The Hall–Kier alpha value is -1.35. The first-order chi connectivity index (χ1) is 10.8. The van der Waals surface area contributed by atoms with Crippen LogP contribution >= 0.6 is 0 Å². The van der Waals surface area contributed by atoms with Crippen LogP contribution in [0.5, 0.6) is 0 Å². The van der Waals surface area contributed by atoms with Crippen LogP contribution in [0, 0.1) is 11.8 Å². The van der Waals surface area contributed by atoms with E-state index >= 15 is 0 Å². The molecule has 0 radical (unpaired) electrons. The first kappa shape index (κ1) is 15.5. The largest absolute Gasteiger partial charge is 0.349 e. The van der Waals surface area contributed by atoms with Crippen molar-refractivity contribution in [1.82, 2.24) is 10.6 Å². The Morgan fingerprint density at radius 1 is 1.09 bits per heavy atom. The average molecular weight is 300 g/mol. The third kappa shape index (κ3) is 4.10. The van der Waals surface area contributed by atoms with Crippen LogP contribution in [0.2, 0.25) is 0 Å². The number of nitrogens with one attached hydrogen (secondary N) is 2. The molecule has 3 heteroatoms. The molecule has 1 aliphatic carbocycles. The van der Waals surface area contributed by atoms with E-state index in [9.17, 15) is 4.79 Å². The minimum Gasteiger partial charge on any atom is -0.349 e. The first-order valence-corrected chi connectivity index (χ1v) is 8.89. The van der Waals surface area contributed by atoms with Gasteiger partial charge in [0.05, 0.1) is 6.04 Å². The van der Waals surface area contributed by atoms with Gasteiger partial charge in [-0.2, -0.15) is 0 Å². The molecule has 0 bridgehead atoms. The third-order valence-electron chi connectivity index (χ3n) is 5.27. The monoisotopic (exact) mass is 300 g/mol. The second-order valence-corrected chi connectivity index (χ2v) is 6.88. The van der Waals surface area contributed by atoms with Crippen molar-refractivity contribution >= 4 is 5.91 Å². The van der Waals surface area contributed by atoms with Gasteiger partial charge in [-0.1, -0.05) is 56.0 Å². The standard InChI is InChI=1S/C19H28N2O/c22-19(17-10-12-20-13-11-17)21-18(14-15-6-4-5-7-15)16-8-2-1-3-9-16/h1-3,8-9,15,17-18,20H,4-7,10-14H2,(H,21,22). The quantitative estimate of drug-likeness (QED) is 0.875. The van der Waals surface area contributed by atoms with E-state index in [2.05, 4.69) is 34.9 Å². The lowest BCUT2D eigenvalue weighted by molar-refractivity contribution is -0.126. The first-order valence-electron chi connectivity index (χ1n) is 8.89. The van der Waals surface area contributed by atoms with Crippen molar-refractivity contribution in [3.05, 3.63) is 35.9 Å². The van der Waals surface area contributed by atoms with Crippen LogP contribution in [0.25, 0.3) is 0 Å². The van der Waals surface area contributed by atoms with Crippen molar-refractivity contribution in [3.8, 4) is 0 Å². The van der Waals surface area contributed by atoms with Gasteiger partial charge in [-0.15, -0.1) is 0 Å².